The summed E-state index contributed by atoms with van der Waals surface area (Å²) in [6.07, 6.45) is 1.87. The van der Waals surface area contributed by atoms with Crippen molar-refractivity contribution in [2.75, 3.05) is 24.5 Å². The van der Waals surface area contributed by atoms with Crippen molar-refractivity contribution in [2.45, 2.75) is 38.1 Å². The molecule has 0 amide bonds. The molecule has 3 atom stereocenters. The molecule has 2 aliphatic heterocycles. The van der Waals surface area contributed by atoms with Crippen LogP contribution in [0.4, 0.5) is 5.69 Å². The summed E-state index contributed by atoms with van der Waals surface area (Å²) in [7, 11) is 0. The van der Waals surface area contributed by atoms with E-state index in [1.54, 1.807) is 0 Å². The van der Waals surface area contributed by atoms with E-state index in [1.165, 1.54) is 16.4 Å². The van der Waals surface area contributed by atoms with Crippen LogP contribution in [0.5, 0.6) is 0 Å². The van der Waals surface area contributed by atoms with Crippen molar-refractivity contribution < 1.29 is 0 Å². The van der Waals surface area contributed by atoms with Gasteiger partial charge in [-0.25, -0.2) is 0 Å². The zero-order chi connectivity index (χ0) is 18.1. The van der Waals surface area contributed by atoms with Gasteiger partial charge in [0.25, 0.3) is 0 Å². The number of benzene rings is 1. The topological polar surface area (TPSA) is 31.7 Å². The van der Waals surface area contributed by atoms with Gasteiger partial charge in [-0.3, -0.25) is 9.98 Å². The second-order valence-electron chi connectivity index (χ2n) is 6.90. The van der Waals surface area contributed by atoms with Crippen molar-refractivity contribution in [3.63, 3.8) is 0 Å². The molecule has 0 saturated carbocycles. The van der Waals surface area contributed by atoms with E-state index >= 15 is 0 Å². The van der Waals surface area contributed by atoms with Crippen LogP contribution in [-0.2, 0) is 0 Å². The highest BCUT2D eigenvalue weighted by atomic mass is 32.2. The van der Waals surface area contributed by atoms with Crippen molar-refractivity contribution >= 4 is 22.6 Å². The third kappa shape index (κ3) is 3.09. The van der Waals surface area contributed by atoms with Crippen LogP contribution in [0.15, 0.2) is 53.7 Å². The zero-order valence-corrected chi connectivity index (χ0v) is 16.5. The molecule has 1 saturated heterocycles. The number of pyridine rings is 1. The fraction of sp³-hybridized carbons (Fsp3) is 0.429. The predicted octanol–water partition coefficient (Wildman–Crippen LogP) is 4.52. The lowest BCUT2D eigenvalue weighted by Crippen LogP contribution is -2.28. The molecule has 4 rings (SSSR count). The lowest BCUT2D eigenvalue weighted by Gasteiger charge is -2.28. The minimum absolute atomic E-state index is 0.0745. The Morgan fingerprint density at radius 1 is 1.12 bits per heavy atom. The normalized spacial score (nSPS) is 24.5. The third-order valence-electron chi connectivity index (χ3n) is 5.24. The van der Waals surface area contributed by atoms with Crippen molar-refractivity contribution in [1.29, 1.82) is 0 Å². The quantitative estimate of drug-likeness (QED) is 0.779. The van der Waals surface area contributed by atoms with Crippen molar-refractivity contribution in [3.8, 4) is 0 Å². The number of hydrogen-bond donors (Lipinski definition) is 0. The number of nitrogens with zero attached hydrogens (tertiary/aromatic N) is 4. The molecule has 5 heteroatoms. The number of aliphatic imine (C=N–C) groups is 1. The molecule has 4 nitrogen and oxygen atoms in total. The molecule has 0 unspecified atom stereocenters. The van der Waals surface area contributed by atoms with Crippen molar-refractivity contribution in [2.24, 2.45) is 4.99 Å². The van der Waals surface area contributed by atoms with Crippen LogP contribution >= 0.6 is 11.8 Å². The summed E-state index contributed by atoms with van der Waals surface area (Å²) < 4.78 is 0. The van der Waals surface area contributed by atoms with E-state index < -0.39 is 0 Å². The lowest BCUT2D eigenvalue weighted by atomic mass is 9.96. The first kappa shape index (κ1) is 17.4. The van der Waals surface area contributed by atoms with Crippen molar-refractivity contribution in [3.05, 3.63) is 59.9 Å². The Bertz CT molecular complexity index is 770. The molecule has 0 spiro atoms. The Labute approximate surface area is 160 Å². The van der Waals surface area contributed by atoms with Gasteiger partial charge in [0, 0.05) is 36.8 Å². The summed E-state index contributed by atoms with van der Waals surface area (Å²) in [6, 6.07) is 15.5. The zero-order valence-electron chi connectivity index (χ0n) is 15.7. The highest BCUT2D eigenvalue weighted by Crippen LogP contribution is 2.47. The average Bonchev–Trinajstić information content (AvgIpc) is 3.20. The maximum absolute atomic E-state index is 5.05. The largest absolute Gasteiger partial charge is 0.372 e. The lowest BCUT2D eigenvalue weighted by molar-refractivity contribution is 0.321. The van der Waals surface area contributed by atoms with E-state index in [-0.39, 0.29) is 12.1 Å². The highest BCUT2D eigenvalue weighted by Gasteiger charge is 2.43. The number of aromatic nitrogens is 1. The molecule has 3 heterocycles. The van der Waals surface area contributed by atoms with E-state index in [9.17, 15) is 0 Å². The number of hydrogen-bond acceptors (Lipinski definition) is 5. The molecule has 1 fully saturated rings. The first-order chi connectivity index (χ1) is 12.7. The minimum atomic E-state index is 0.0745. The Morgan fingerprint density at radius 2 is 1.88 bits per heavy atom. The molecule has 2 aliphatic rings. The van der Waals surface area contributed by atoms with Crippen LogP contribution in [0.3, 0.4) is 0 Å². The van der Waals surface area contributed by atoms with Crippen LogP contribution < -0.4 is 4.90 Å². The monoisotopic (exact) mass is 366 g/mol. The van der Waals surface area contributed by atoms with Crippen LogP contribution in [0.2, 0.25) is 0 Å². The van der Waals surface area contributed by atoms with Crippen LogP contribution in [0, 0.1) is 0 Å². The SMILES string of the molecule is CCN(CC)c1ccc([C@@H]2[C@@H](c3ccccn3)N=C3S[C@H](C)CN32)cc1. The first-order valence-corrected chi connectivity index (χ1v) is 10.4. The van der Waals surface area contributed by atoms with Gasteiger partial charge in [-0.1, -0.05) is 36.9 Å². The van der Waals surface area contributed by atoms with Crippen molar-refractivity contribution in [1.82, 2.24) is 9.88 Å². The van der Waals surface area contributed by atoms with Crippen LogP contribution in [0.1, 0.15) is 44.1 Å². The summed E-state index contributed by atoms with van der Waals surface area (Å²) in [5.41, 5.74) is 3.67. The van der Waals surface area contributed by atoms with Crippen LogP contribution in [0.25, 0.3) is 0 Å². The maximum atomic E-state index is 5.05. The Balaban J connectivity index is 1.68. The fourth-order valence-electron chi connectivity index (χ4n) is 3.95. The molecule has 1 aromatic carbocycles. The van der Waals surface area contributed by atoms with Gasteiger partial charge < -0.3 is 9.80 Å². The second-order valence-corrected chi connectivity index (χ2v) is 8.31. The molecular weight excluding hydrogens is 340 g/mol. The average molecular weight is 367 g/mol. The van der Waals surface area contributed by atoms with Gasteiger partial charge in [0.15, 0.2) is 5.17 Å². The molecule has 0 radical (unpaired) electrons. The number of rotatable bonds is 5. The van der Waals surface area contributed by atoms with Gasteiger partial charge in [-0.15, -0.1) is 0 Å². The van der Waals surface area contributed by atoms with Gasteiger partial charge in [-0.05, 0) is 43.7 Å². The van der Waals surface area contributed by atoms with Gasteiger partial charge in [0.1, 0.15) is 6.04 Å². The Kier molecular flexibility index (Phi) is 4.90. The first-order valence-electron chi connectivity index (χ1n) is 9.48. The summed E-state index contributed by atoms with van der Waals surface area (Å²) >= 11 is 1.89. The summed E-state index contributed by atoms with van der Waals surface area (Å²) in [6.45, 7) is 9.80. The molecule has 136 valence electrons. The van der Waals surface area contributed by atoms with Gasteiger partial charge >= 0.3 is 0 Å². The number of thioether (sulfide) groups is 1. The minimum Gasteiger partial charge on any atom is -0.372 e. The Hall–Kier alpha value is -2.01. The van der Waals surface area contributed by atoms with Gasteiger partial charge in [0.2, 0.25) is 0 Å². The number of anilines is 1. The third-order valence-corrected chi connectivity index (χ3v) is 6.35. The van der Waals surface area contributed by atoms with E-state index in [1.807, 2.05) is 24.0 Å². The molecular formula is C21H26N4S. The smallest absolute Gasteiger partial charge is 0.160 e. The van der Waals surface area contributed by atoms with Gasteiger partial charge in [-0.2, -0.15) is 0 Å². The van der Waals surface area contributed by atoms with E-state index in [0.717, 1.165) is 25.3 Å². The molecule has 1 aromatic heterocycles. The summed E-state index contributed by atoms with van der Waals surface area (Å²) in [4.78, 5) is 14.5. The van der Waals surface area contributed by atoms with E-state index in [0.29, 0.717) is 5.25 Å². The Morgan fingerprint density at radius 3 is 2.54 bits per heavy atom. The summed E-state index contributed by atoms with van der Waals surface area (Å²) in [5, 5.41) is 1.77. The van der Waals surface area contributed by atoms with E-state index in [2.05, 4.69) is 72.0 Å². The molecule has 0 N–H and O–H groups in total. The second kappa shape index (κ2) is 7.31. The van der Waals surface area contributed by atoms with E-state index in [4.69, 9.17) is 4.99 Å². The predicted molar refractivity (Wildman–Crippen MR) is 111 cm³/mol. The number of fused-ring (bicyclic) bond motifs is 1. The standard InChI is InChI=1S/C21H26N4S/c1-4-24(5-2)17-11-9-16(10-12-17)20-19(18-8-6-7-13-22-18)23-21-25(20)14-15(3)26-21/h6-13,15,19-20H,4-5,14H2,1-3H3/t15-,19-,20-/m1/s1. The molecule has 0 bridgehead atoms. The number of amidine groups is 1. The van der Waals surface area contributed by atoms with Gasteiger partial charge in [0.05, 0.1) is 11.7 Å². The molecule has 26 heavy (non-hydrogen) atoms. The molecule has 2 aromatic rings. The van der Waals surface area contributed by atoms with Crippen LogP contribution in [-0.4, -0.2) is 39.9 Å². The highest BCUT2D eigenvalue weighted by molar-refractivity contribution is 8.14. The molecule has 0 aliphatic carbocycles. The maximum Gasteiger partial charge on any atom is 0.160 e. The summed E-state index contributed by atoms with van der Waals surface area (Å²) in [5.74, 6) is 0. The fourth-order valence-corrected chi connectivity index (χ4v) is 5.04.